The molecule has 1 aliphatic rings. The van der Waals surface area contributed by atoms with Gasteiger partial charge in [-0.15, -0.1) is 0 Å². The van der Waals surface area contributed by atoms with Crippen LogP contribution in [0.15, 0.2) is 18.2 Å². The lowest BCUT2D eigenvalue weighted by Crippen LogP contribution is -2.45. The second-order valence-electron chi connectivity index (χ2n) is 5.50. The molecule has 6 nitrogen and oxygen atoms in total. The van der Waals surface area contributed by atoms with Crippen molar-refractivity contribution in [2.45, 2.75) is 44.0 Å². The number of aryl methyl sites for hydroxylation is 1. The van der Waals surface area contributed by atoms with E-state index in [2.05, 4.69) is 0 Å². The molecule has 1 heterocycles. The molecular formula is C16H22O6. The summed E-state index contributed by atoms with van der Waals surface area (Å²) in [4.78, 5) is 12.0. The van der Waals surface area contributed by atoms with Crippen LogP contribution in [-0.4, -0.2) is 53.1 Å². The van der Waals surface area contributed by atoms with Gasteiger partial charge in [0.1, 0.15) is 11.9 Å². The number of phenolic OH excluding ortho intramolecular Hbond substituents is 1. The predicted molar refractivity (Wildman–Crippen MR) is 79.0 cm³/mol. The zero-order valence-electron chi connectivity index (χ0n) is 12.6. The molecule has 6 heteroatoms. The lowest BCUT2D eigenvalue weighted by atomic mass is 9.96. The van der Waals surface area contributed by atoms with E-state index >= 15 is 0 Å². The van der Waals surface area contributed by atoms with E-state index in [9.17, 15) is 20.1 Å². The van der Waals surface area contributed by atoms with E-state index < -0.39 is 18.3 Å². The largest absolute Gasteiger partial charge is 0.504 e. The van der Waals surface area contributed by atoms with Crippen molar-refractivity contribution in [1.82, 2.24) is 0 Å². The molecule has 1 aliphatic heterocycles. The molecule has 3 N–H and O–H groups in total. The number of ketones is 1. The molecule has 1 aromatic rings. The first-order valence-corrected chi connectivity index (χ1v) is 7.36. The Labute approximate surface area is 129 Å². The minimum absolute atomic E-state index is 0.0432. The summed E-state index contributed by atoms with van der Waals surface area (Å²) in [6.45, 7) is 0.350. The molecule has 3 atom stereocenters. The maximum Gasteiger partial charge on any atom is 0.160 e. The summed E-state index contributed by atoms with van der Waals surface area (Å²) in [6, 6.07) is 5.02. The third kappa shape index (κ3) is 4.19. The topological polar surface area (TPSA) is 96.2 Å². The molecule has 0 aliphatic carbocycles. The minimum atomic E-state index is -1.01. The first-order chi connectivity index (χ1) is 10.5. The number of carbonyl (C=O) groups is 1. The summed E-state index contributed by atoms with van der Waals surface area (Å²) in [7, 11) is 1.47. The molecule has 0 bridgehead atoms. The molecule has 0 spiro atoms. The average Bonchev–Trinajstić information content (AvgIpc) is 2.50. The number of hydrogen-bond donors (Lipinski definition) is 3. The fraction of sp³-hybridized carbons (Fsp3) is 0.562. The summed E-state index contributed by atoms with van der Waals surface area (Å²) < 4.78 is 10.3. The van der Waals surface area contributed by atoms with Gasteiger partial charge in [0, 0.05) is 19.4 Å². The van der Waals surface area contributed by atoms with E-state index in [1.807, 2.05) is 0 Å². The third-order valence-electron chi connectivity index (χ3n) is 3.89. The Kier molecular flexibility index (Phi) is 5.76. The maximum atomic E-state index is 12.0. The van der Waals surface area contributed by atoms with Crippen molar-refractivity contribution in [3.63, 3.8) is 0 Å². The zero-order valence-corrected chi connectivity index (χ0v) is 12.6. The molecule has 122 valence electrons. The van der Waals surface area contributed by atoms with Crippen LogP contribution in [0.3, 0.4) is 0 Å². The number of rotatable bonds is 6. The van der Waals surface area contributed by atoms with Crippen LogP contribution in [0.25, 0.3) is 0 Å². The Hall–Kier alpha value is -1.63. The lowest BCUT2D eigenvalue weighted by molar-refractivity contribution is -0.146. The van der Waals surface area contributed by atoms with Gasteiger partial charge in [0.15, 0.2) is 11.5 Å². The fourth-order valence-corrected chi connectivity index (χ4v) is 2.54. The Morgan fingerprint density at radius 1 is 1.41 bits per heavy atom. The number of aliphatic hydroxyl groups excluding tert-OH is 2. The second kappa shape index (κ2) is 7.58. The van der Waals surface area contributed by atoms with Crippen LogP contribution in [0.5, 0.6) is 11.5 Å². The first kappa shape index (κ1) is 16.7. The normalized spacial score (nSPS) is 25.0. The molecule has 2 rings (SSSR count). The molecule has 1 fully saturated rings. The minimum Gasteiger partial charge on any atom is -0.504 e. The van der Waals surface area contributed by atoms with E-state index in [0.717, 1.165) is 5.56 Å². The standard InChI is InChI=1S/C16H22O6/c1-21-14-5-3-10(8-13(14)19)2-4-11(17)9-15-16(20)12(18)6-7-22-15/h3,5,8,12,15-16,18-20H,2,4,6-7,9H2,1H3. The van der Waals surface area contributed by atoms with Gasteiger partial charge >= 0.3 is 0 Å². The van der Waals surface area contributed by atoms with Gasteiger partial charge in [-0.25, -0.2) is 0 Å². The van der Waals surface area contributed by atoms with Crippen LogP contribution in [0.2, 0.25) is 0 Å². The highest BCUT2D eigenvalue weighted by Gasteiger charge is 2.32. The zero-order chi connectivity index (χ0) is 16.1. The van der Waals surface area contributed by atoms with Crippen molar-refractivity contribution in [2.24, 2.45) is 0 Å². The van der Waals surface area contributed by atoms with Gasteiger partial charge in [-0.2, -0.15) is 0 Å². The fourth-order valence-electron chi connectivity index (χ4n) is 2.54. The van der Waals surface area contributed by atoms with Crippen molar-refractivity contribution in [2.75, 3.05) is 13.7 Å². The quantitative estimate of drug-likeness (QED) is 0.719. The smallest absolute Gasteiger partial charge is 0.160 e. The van der Waals surface area contributed by atoms with Gasteiger partial charge in [0.25, 0.3) is 0 Å². The van der Waals surface area contributed by atoms with Crippen molar-refractivity contribution >= 4 is 5.78 Å². The Morgan fingerprint density at radius 2 is 2.18 bits per heavy atom. The number of methoxy groups -OCH3 is 1. The van der Waals surface area contributed by atoms with E-state index in [4.69, 9.17) is 9.47 Å². The van der Waals surface area contributed by atoms with Crippen LogP contribution in [-0.2, 0) is 16.0 Å². The van der Waals surface area contributed by atoms with Gasteiger partial charge in [0.2, 0.25) is 0 Å². The van der Waals surface area contributed by atoms with E-state index in [1.54, 1.807) is 18.2 Å². The number of aliphatic hydroxyl groups is 2. The van der Waals surface area contributed by atoms with Crippen molar-refractivity contribution in [3.8, 4) is 11.5 Å². The molecule has 0 aromatic heterocycles. The number of aromatic hydroxyl groups is 1. The summed E-state index contributed by atoms with van der Waals surface area (Å²) in [5.41, 5.74) is 0.830. The number of ether oxygens (including phenoxy) is 2. The average molecular weight is 310 g/mol. The van der Waals surface area contributed by atoms with Gasteiger partial charge in [-0.1, -0.05) is 6.07 Å². The van der Waals surface area contributed by atoms with Gasteiger partial charge in [-0.05, 0) is 30.5 Å². The number of benzene rings is 1. The highest BCUT2D eigenvalue weighted by Crippen LogP contribution is 2.27. The summed E-state index contributed by atoms with van der Waals surface area (Å²) >= 11 is 0. The first-order valence-electron chi connectivity index (χ1n) is 7.36. The van der Waals surface area contributed by atoms with E-state index in [-0.39, 0.29) is 24.4 Å². The summed E-state index contributed by atoms with van der Waals surface area (Å²) in [6.07, 6.45) is -1.23. The molecule has 22 heavy (non-hydrogen) atoms. The second-order valence-corrected chi connectivity index (χ2v) is 5.50. The molecular weight excluding hydrogens is 288 g/mol. The van der Waals surface area contributed by atoms with Crippen molar-refractivity contribution < 1.29 is 29.6 Å². The molecule has 1 aromatic carbocycles. The Morgan fingerprint density at radius 3 is 2.86 bits per heavy atom. The summed E-state index contributed by atoms with van der Waals surface area (Å²) in [5, 5.41) is 29.1. The lowest BCUT2D eigenvalue weighted by Gasteiger charge is -2.31. The van der Waals surface area contributed by atoms with Crippen LogP contribution in [0.1, 0.15) is 24.8 Å². The molecule has 1 saturated heterocycles. The van der Waals surface area contributed by atoms with Crippen molar-refractivity contribution in [3.05, 3.63) is 23.8 Å². The van der Waals surface area contributed by atoms with Gasteiger partial charge in [0.05, 0.1) is 19.3 Å². The highest BCUT2D eigenvalue weighted by atomic mass is 16.5. The predicted octanol–water partition coefficient (Wildman–Crippen LogP) is 0.803. The Balaban J connectivity index is 1.83. The van der Waals surface area contributed by atoms with Gasteiger partial charge in [-0.3, -0.25) is 4.79 Å². The van der Waals surface area contributed by atoms with Crippen molar-refractivity contribution in [1.29, 1.82) is 0 Å². The molecule has 3 unspecified atom stereocenters. The molecule has 0 radical (unpaired) electrons. The number of Topliss-reactive ketones (excluding diaryl/α,β-unsaturated/α-hetero) is 1. The van der Waals surface area contributed by atoms with E-state index in [0.29, 0.717) is 25.2 Å². The van der Waals surface area contributed by atoms with Crippen LogP contribution < -0.4 is 4.74 Å². The van der Waals surface area contributed by atoms with Gasteiger partial charge < -0.3 is 24.8 Å². The monoisotopic (exact) mass is 310 g/mol. The van der Waals surface area contributed by atoms with Crippen LogP contribution in [0.4, 0.5) is 0 Å². The maximum absolute atomic E-state index is 12.0. The van der Waals surface area contributed by atoms with Crippen LogP contribution >= 0.6 is 0 Å². The summed E-state index contributed by atoms with van der Waals surface area (Å²) in [5.74, 6) is 0.387. The third-order valence-corrected chi connectivity index (χ3v) is 3.89. The molecule has 0 saturated carbocycles. The highest BCUT2D eigenvalue weighted by molar-refractivity contribution is 5.79. The number of carbonyl (C=O) groups excluding carboxylic acids is 1. The van der Waals surface area contributed by atoms with E-state index in [1.165, 1.54) is 7.11 Å². The Bertz CT molecular complexity index is 515. The number of hydrogen-bond acceptors (Lipinski definition) is 6. The molecule has 0 amide bonds. The SMILES string of the molecule is COc1ccc(CCC(=O)CC2OCCC(O)C2O)cc1O. The van der Waals surface area contributed by atoms with Crippen LogP contribution in [0, 0.1) is 0 Å². The number of phenols is 1.